The zero-order valence-electron chi connectivity index (χ0n) is 13.0. The van der Waals surface area contributed by atoms with Gasteiger partial charge in [0.15, 0.2) is 0 Å². The van der Waals surface area contributed by atoms with Gasteiger partial charge in [0.25, 0.3) is 5.91 Å². The third-order valence-corrected chi connectivity index (χ3v) is 5.06. The van der Waals surface area contributed by atoms with Crippen LogP contribution >= 0.6 is 11.8 Å². The van der Waals surface area contributed by atoms with Crippen LogP contribution in [0.5, 0.6) is 0 Å². The summed E-state index contributed by atoms with van der Waals surface area (Å²) in [6.45, 7) is 2.96. The molecule has 5 nitrogen and oxygen atoms in total. The molecule has 2 amide bonds. The molecule has 6 heteroatoms. The Kier molecular flexibility index (Phi) is 6.27. The van der Waals surface area contributed by atoms with Crippen molar-refractivity contribution in [2.45, 2.75) is 24.8 Å². The maximum Gasteiger partial charge on any atom is 0.255 e. The highest BCUT2D eigenvalue weighted by Crippen LogP contribution is 2.32. The Labute approximate surface area is 135 Å². The normalized spacial score (nSPS) is 20.9. The number of methoxy groups -OCH3 is 1. The lowest BCUT2D eigenvalue weighted by molar-refractivity contribution is -0.125. The van der Waals surface area contributed by atoms with Crippen molar-refractivity contribution in [3.8, 4) is 0 Å². The molecule has 1 fully saturated rings. The summed E-state index contributed by atoms with van der Waals surface area (Å²) in [5.41, 5.74) is 0.623. The minimum absolute atomic E-state index is 0.0471. The predicted octanol–water partition coefficient (Wildman–Crippen LogP) is 1.74. The quantitative estimate of drug-likeness (QED) is 0.811. The number of nitrogens with one attached hydrogen (secondary N) is 1. The number of benzene rings is 1. The van der Waals surface area contributed by atoms with Crippen molar-refractivity contribution >= 4 is 23.6 Å². The van der Waals surface area contributed by atoms with Gasteiger partial charge in [0.1, 0.15) is 6.04 Å². The average molecular weight is 322 g/mol. The number of ether oxygens (including phenoxy) is 1. The van der Waals surface area contributed by atoms with Crippen molar-refractivity contribution in [2.75, 3.05) is 26.0 Å². The van der Waals surface area contributed by atoms with Crippen molar-refractivity contribution in [1.82, 2.24) is 10.2 Å². The predicted molar refractivity (Wildman–Crippen MR) is 87.8 cm³/mol. The Balaban J connectivity index is 2.12. The van der Waals surface area contributed by atoms with Crippen LogP contribution in [0.4, 0.5) is 0 Å². The highest BCUT2D eigenvalue weighted by Gasteiger charge is 2.40. The average Bonchev–Trinajstić information content (AvgIpc) is 2.99. The van der Waals surface area contributed by atoms with E-state index in [1.807, 2.05) is 25.1 Å². The largest absolute Gasteiger partial charge is 0.383 e. The Morgan fingerprint density at radius 3 is 2.73 bits per heavy atom. The first-order chi connectivity index (χ1) is 10.7. The zero-order chi connectivity index (χ0) is 15.9. The molecule has 1 aromatic carbocycles. The number of rotatable bonds is 6. The minimum Gasteiger partial charge on any atom is -0.383 e. The number of nitrogens with zero attached hydrogens (tertiary/aromatic N) is 1. The van der Waals surface area contributed by atoms with Crippen LogP contribution in [0.2, 0.25) is 0 Å². The summed E-state index contributed by atoms with van der Waals surface area (Å²) in [5.74, 6) is 0.449. The van der Waals surface area contributed by atoms with Gasteiger partial charge in [-0.1, -0.05) is 25.1 Å². The summed E-state index contributed by atoms with van der Waals surface area (Å²) in [7, 11) is 1.59. The lowest BCUT2D eigenvalue weighted by Crippen LogP contribution is -2.50. The fourth-order valence-electron chi connectivity index (χ4n) is 2.48. The van der Waals surface area contributed by atoms with Crippen molar-refractivity contribution in [2.24, 2.45) is 0 Å². The summed E-state index contributed by atoms with van der Waals surface area (Å²) in [5, 5.41) is 2.88. The van der Waals surface area contributed by atoms with Gasteiger partial charge in [-0.3, -0.25) is 9.59 Å². The summed E-state index contributed by atoms with van der Waals surface area (Å²) in [6.07, 6.45) is 0.824. The Hall–Kier alpha value is -1.53. The van der Waals surface area contributed by atoms with E-state index in [0.717, 1.165) is 6.42 Å². The van der Waals surface area contributed by atoms with E-state index >= 15 is 0 Å². The van der Waals surface area contributed by atoms with Crippen molar-refractivity contribution in [1.29, 1.82) is 0 Å². The van der Waals surface area contributed by atoms with Crippen molar-refractivity contribution in [3.63, 3.8) is 0 Å². The molecule has 0 aliphatic carbocycles. The van der Waals surface area contributed by atoms with Gasteiger partial charge in [-0.25, -0.2) is 0 Å². The fourth-order valence-corrected chi connectivity index (χ4v) is 3.83. The van der Waals surface area contributed by atoms with Crippen LogP contribution in [-0.4, -0.2) is 54.1 Å². The molecule has 2 unspecified atom stereocenters. The molecule has 0 saturated carbocycles. The molecule has 120 valence electrons. The Morgan fingerprint density at radius 2 is 2.09 bits per heavy atom. The molecule has 1 N–H and O–H groups in total. The minimum atomic E-state index is -0.417. The van der Waals surface area contributed by atoms with Crippen LogP contribution in [0.15, 0.2) is 30.3 Å². The van der Waals surface area contributed by atoms with Crippen LogP contribution in [0, 0.1) is 0 Å². The van der Waals surface area contributed by atoms with Crippen molar-refractivity contribution < 1.29 is 14.3 Å². The first kappa shape index (κ1) is 16.8. The van der Waals surface area contributed by atoms with Gasteiger partial charge in [0.05, 0.1) is 12.0 Å². The SMILES string of the molecule is CCC1SCC(C(=O)NCCOC)N1C(=O)c1ccccc1. The van der Waals surface area contributed by atoms with Crippen LogP contribution in [0.1, 0.15) is 23.7 Å². The first-order valence-corrected chi connectivity index (χ1v) is 8.49. The van der Waals surface area contributed by atoms with Gasteiger partial charge < -0.3 is 15.0 Å². The van der Waals surface area contributed by atoms with E-state index in [4.69, 9.17) is 4.74 Å². The molecule has 2 atom stereocenters. The number of amides is 2. The van der Waals surface area contributed by atoms with Gasteiger partial charge in [0, 0.05) is 25.0 Å². The molecular formula is C16H22N2O3S. The monoisotopic (exact) mass is 322 g/mol. The van der Waals surface area contributed by atoms with Gasteiger partial charge in [-0.15, -0.1) is 11.8 Å². The maximum absolute atomic E-state index is 12.8. The van der Waals surface area contributed by atoms with E-state index in [1.165, 1.54) is 0 Å². The standard InChI is InChI=1S/C16H22N2O3S/c1-3-14-18(16(20)12-7-5-4-6-8-12)13(11-22-14)15(19)17-9-10-21-2/h4-8,13-14H,3,9-11H2,1-2H3,(H,17,19). The van der Waals surface area contributed by atoms with E-state index in [1.54, 1.807) is 35.9 Å². The van der Waals surface area contributed by atoms with Crippen LogP contribution in [0.3, 0.4) is 0 Å². The van der Waals surface area contributed by atoms with Gasteiger partial charge >= 0.3 is 0 Å². The van der Waals surface area contributed by atoms with Gasteiger partial charge in [-0.05, 0) is 18.6 Å². The van der Waals surface area contributed by atoms with Crippen molar-refractivity contribution in [3.05, 3.63) is 35.9 Å². The van der Waals surface area contributed by atoms with Crippen LogP contribution in [-0.2, 0) is 9.53 Å². The smallest absolute Gasteiger partial charge is 0.255 e. The molecule has 0 spiro atoms. The molecule has 1 heterocycles. The van der Waals surface area contributed by atoms with E-state index in [0.29, 0.717) is 24.5 Å². The first-order valence-electron chi connectivity index (χ1n) is 7.45. The summed E-state index contributed by atoms with van der Waals surface area (Å²) in [6, 6.07) is 8.72. The molecular weight excluding hydrogens is 300 g/mol. The molecule has 0 aromatic heterocycles. The highest BCUT2D eigenvalue weighted by atomic mass is 32.2. The molecule has 2 rings (SSSR count). The van der Waals surface area contributed by atoms with E-state index in [2.05, 4.69) is 5.32 Å². The molecule has 22 heavy (non-hydrogen) atoms. The number of hydrogen-bond acceptors (Lipinski definition) is 4. The molecule has 1 aromatic rings. The lowest BCUT2D eigenvalue weighted by Gasteiger charge is -2.28. The fraction of sp³-hybridized carbons (Fsp3) is 0.500. The third kappa shape index (κ3) is 3.81. The lowest BCUT2D eigenvalue weighted by atomic mass is 10.1. The summed E-state index contributed by atoms with van der Waals surface area (Å²) in [4.78, 5) is 26.8. The van der Waals surface area contributed by atoms with Crippen LogP contribution in [0.25, 0.3) is 0 Å². The second-order valence-electron chi connectivity index (χ2n) is 5.07. The highest BCUT2D eigenvalue weighted by molar-refractivity contribution is 8.00. The second kappa shape index (κ2) is 8.19. The molecule has 1 saturated heterocycles. The van der Waals surface area contributed by atoms with E-state index in [9.17, 15) is 9.59 Å². The maximum atomic E-state index is 12.8. The zero-order valence-corrected chi connectivity index (χ0v) is 13.8. The summed E-state index contributed by atoms with van der Waals surface area (Å²) >= 11 is 1.66. The van der Waals surface area contributed by atoms with Gasteiger partial charge in [-0.2, -0.15) is 0 Å². The van der Waals surface area contributed by atoms with Crippen LogP contribution < -0.4 is 5.32 Å². The summed E-state index contributed by atoms with van der Waals surface area (Å²) < 4.78 is 4.94. The number of hydrogen-bond donors (Lipinski definition) is 1. The van der Waals surface area contributed by atoms with E-state index < -0.39 is 6.04 Å². The topological polar surface area (TPSA) is 58.6 Å². The third-order valence-electron chi connectivity index (χ3n) is 3.61. The molecule has 0 bridgehead atoms. The Morgan fingerprint density at radius 1 is 1.36 bits per heavy atom. The molecule has 1 aliphatic heterocycles. The van der Waals surface area contributed by atoms with Gasteiger partial charge in [0.2, 0.25) is 5.91 Å². The number of carbonyl (C=O) groups is 2. The second-order valence-corrected chi connectivity index (χ2v) is 6.29. The Bertz CT molecular complexity index is 509. The number of carbonyl (C=O) groups excluding carboxylic acids is 2. The number of thioether (sulfide) groups is 1. The molecule has 0 radical (unpaired) electrons. The molecule has 1 aliphatic rings. The van der Waals surface area contributed by atoms with E-state index in [-0.39, 0.29) is 17.2 Å².